The van der Waals surface area contributed by atoms with E-state index in [1.807, 2.05) is 15.6 Å². The van der Waals surface area contributed by atoms with Crippen LogP contribution in [0.15, 0.2) is 55.1 Å². The summed E-state index contributed by atoms with van der Waals surface area (Å²) < 4.78 is 42.9. The van der Waals surface area contributed by atoms with E-state index in [4.69, 9.17) is 10.8 Å². The van der Waals surface area contributed by atoms with Crippen molar-refractivity contribution in [2.75, 3.05) is 11.1 Å². The van der Waals surface area contributed by atoms with Gasteiger partial charge in [0.15, 0.2) is 5.65 Å². The molecule has 40 heavy (non-hydrogen) atoms. The lowest BCUT2D eigenvalue weighted by molar-refractivity contribution is -0.137. The first-order chi connectivity index (χ1) is 19.2. The van der Waals surface area contributed by atoms with Gasteiger partial charge in [0.25, 0.3) is 5.91 Å². The number of halogens is 3. The topological polar surface area (TPSA) is 129 Å². The van der Waals surface area contributed by atoms with E-state index < -0.39 is 17.6 Å². The van der Waals surface area contributed by atoms with Crippen LogP contribution in [-0.4, -0.2) is 40.4 Å². The van der Waals surface area contributed by atoms with E-state index in [2.05, 4.69) is 32.3 Å². The molecule has 0 saturated carbocycles. The van der Waals surface area contributed by atoms with Gasteiger partial charge in [-0.25, -0.2) is 19.6 Å². The van der Waals surface area contributed by atoms with Crippen molar-refractivity contribution >= 4 is 28.6 Å². The molecular formula is C27H24F3N9O. The Balaban J connectivity index is 1.33. The van der Waals surface area contributed by atoms with Crippen molar-refractivity contribution in [3.8, 4) is 11.3 Å². The highest BCUT2D eigenvalue weighted by molar-refractivity contribution is 6.04. The van der Waals surface area contributed by atoms with Crippen LogP contribution >= 0.6 is 0 Å². The number of hydrogen-bond donors (Lipinski definition) is 2. The van der Waals surface area contributed by atoms with Crippen LogP contribution in [0.4, 0.5) is 24.8 Å². The third-order valence-corrected chi connectivity index (χ3v) is 7.09. The second-order valence-electron chi connectivity index (χ2n) is 9.48. The highest BCUT2D eigenvalue weighted by atomic mass is 19.4. The lowest BCUT2D eigenvalue weighted by Crippen LogP contribution is -2.19. The van der Waals surface area contributed by atoms with E-state index in [0.717, 1.165) is 49.7 Å². The number of aryl methyl sites for hydroxylation is 1. The van der Waals surface area contributed by atoms with E-state index >= 15 is 0 Å². The number of nitrogens with one attached hydrogen (secondary N) is 1. The summed E-state index contributed by atoms with van der Waals surface area (Å²) in [7, 11) is 0. The molecule has 0 spiro atoms. The predicted octanol–water partition coefficient (Wildman–Crippen LogP) is 4.88. The summed E-state index contributed by atoms with van der Waals surface area (Å²) in [5.41, 5.74) is 9.77. The fourth-order valence-corrected chi connectivity index (χ4v) is 5.18. The van der Waals surface area contributed by atoms with Crippen LogP contribution in [0.25, 0.3) is 22.3 Å². The van der Waals surface area contributed by atoms with Gasteiger partial charge in [0, 0.05) is 35.1 Å². The summed E-state index contributed by atoms with van der Waals surface area (Å²) in [6.45, 7) is 2.85. The zero-order chi connectivity index (χ0) is 28.0. The number of pyridine rings is 1. The number of nitrogen functional groups attached to an aromatic ring is 1. The molecule has 1 aliphatic carbocycles. The summed E-state index contributed by atoms with van der Waals surface area (Å²) in [5, 5.41) is 12.5. The molecule has 3 N–H and O–H groups in total. The molecule has 0 aliphatic heterocycles. The lowest BCUT2D eigenvalue weighted by Gasteiger charge is -2.23. The molecular weight excluding hydrogens is 523 g/mol. The Bertz CT molecular complexity index is 1720. The molecule has 1 unspecified atom stereocenters. The van der Waals surface area contributed by atoms with E-state index in [1.54, 1.807) is 24.3 Å². The van der Waals surface area contributed by atoms with Crippen LogP contribution in [0, 0.1) is 0 Å². The second-order valence-corrected chi connectivity index (χ2v) is 9.48. The molecule has 10 nitrogen and oxygen atoms in total. The zero-order valence-corrected chi connectivity index (χ0v) is 21.4. The van der Waals surface area contributed by atoms with Crippen molar-refractivity contribution in [3.05, 3.63) is 77.5 Å². The van der Waals surface area contributed by atoms with E-state index in [9.17, 15) is 18.0 Å². The maximum atomic E-state index is 13.0. The molecule has 1 aromatic carbocycles. The fraction of sp³-hybridized carbons (Fsp3) is 0.259. The summed E-state index contributed by atoms with van der Waals surface area (Å²) in [4.78, 5) is 25.3. The number of alkyl halides is 3. The van der Waals surface area contributed by atoms with Gasteiger partial charge in [0.1, 0.15) is 23.7 Å². The number of fused-ring (bicyclic) bond motifs is 2. The molecule has 0 fully saturated rings. The number of aromatic nitrogens is 7. The van der Waals surface area contributed by atoms with Gasteiger partial charge < -0.3 is 11.1 Å². The van der Waals surface area contributed by atoms with Crippen molar-refractivity contribution in [1.29, 1.82) is 0 Å². The van der Waals surface area contributed by atoms with E-state index in [1.165, 1.54) is 12.0 Å². The molecule has 13 heteroatoms. The van der Waals surface area contributed by atoms with Crippen molar-refractivity contribution in [2.24, 2.45) is 0 Å². The normalized spacial score (nSPS) is 15.2. The Morgan fingerprint density at radius 2 is 1.95 bits per heavy atom. The number of carbonyl (C=O) groups excluding carboxylic acids is 1. The molecule has 4 heterocycles. The summed E-state index contributed by atoms with van der Waals surface area (Å²) >= 11 is 0. The molecule has 1 atom stereocenters. The largest absolute Gasteiger partial charge is 0.416 e. The maximum Gasteiger partial charge on any atom is 0.416 e. The third-order valence-electron chi connectivity index (χ3n) is 7.09. The number of amides is 1. The van der Waals surface area contributed by atoms with Crippen LogP contribution in [0.3, 0.4) is 0 Å². The predicted molar refractivity (Wildman–Crippen MR) is 141 cm³/mol. The first kappa shape index (κ1) is 25.5. The minimum absolute atomic E-state index is 0.0698. The highest BCUT2D eigenvalue weighted by Crippen LogP contribution is 2.38. The quantitative estimate of drug-likeness (QED) is 0.321. The van der Waals surface area contributed by atoms with Gasteiger partial charge in [-0.3, -0.25) is 9.48 Å². The summed E-state index contributed by atoms with van der Waals surface area (Å²) in [6.07, 6.45) is 2.55. The van der Waals surface area contributed by atoms with Crippen molar-refractivity contribution in [3.63, 3.8) is 0 Å². The summed E-state index contributed by atoms with van der Waals surface area (Å²) in [5.74, 6) is -0.514. The molecule has 204 valence electrons. The average Bonchev–Trinajstić information content (AvgIpc) is 3.55. The van der Waals surface area contributed by atoms with Crippen LogP contribution in [0.5, 0.6) is 0 Å². The molecule has 5 aromatic rings. The van der Waals surface area contributed by atoms with E-state index in [-0.39, 0.29) is 23.2 Å². The van der Waals surface area contributed by atoms with Gasteiger partial charge in [-0.15, -0.1) is 0 Å². The van der Waals surface area contributed by atoms with Gasteiger partial charge in [-0.1, -0.05) is 12.1 Å². The molecule has 0 saturated heterocycles. The number of hydrogen-bond acceptors (Lipinski definition) is 7. The van der Waals surface area contributed by atoms with Crippen molar-refractivity contribution in [1.82, 2.24) is 34.5 Å². The number of nitrogens with two attached hydrogens (primary N) is 1. The zero-order valence-electron chi connectivity index (χ0n) is 21.4. The van der Waals surface area contributed by atoms with Gasteiger partial charge in [-0.2, -0.15) is 23.4 Å². The SMILES string of the molecule is CCn1ncc2c1CCCC2n1nc(-c2ccc(C(=O)Nc3cc(C(F)(F)F)ccn3)cc2)c2c(N)ncnc21. The third kappa shape index (κ3) is 4.42. The average molecular weight is 548 g/mol. The Labute approximate surface area is 226 Å². The molecule has 6 rings (SSSR count). The number of rotatable bonds is 5. The number of anilines is 2. The smallest absolute Gasteiger partial charge is 0.383 e. The second kappa shape index (κ2) is 9.74. The molecule has 1 aliphatic rings. The number of benzene rings is 1. The fourth-order valence-electron chi connectivity index (χ4n) is 5.18. The van der Waals surface area contributed by atoms with Gasteiger partial charge in [0.05, 0.1) is 23.2 Å². The monoisotopic (exact) mass is 547 g/mol. The molecule has 0 radical (unpaired) electrons. The minimum atomic E-state index is -4.54. The minimum Gasteiger partial charge on any atom is -0.383 e. The Hall–Kier alpha value is -4.81. The molecule has 4 aromatic heterocycles. The van der Waals surface area contributed by atoms with E-state index in [0.29, 0.717) is 22.3 Å². The highest BCUT2D eigenvalue weighted by Gasteiger charge is 2.31. The lowest BCUT2D eigenvalue weighted by atomic mass is 9.93. The Morgan fingerprint density at radius 3 is 2.70 bits per heavy atom. The van der Waals surface area contributed by atoms with Crippen LogP contribution in [0.1, 0.15) is 53.0 Å². The summed E-state index contributed by atoms with van der Waals surface area (Å²) in [6, 6.07) is 8.09. The van der Waals surface area contributed by atoms with Gasteiger partial charge in [0.2, 0.25) is 0 Å². The molecule has 0 bridgehead atoms. The van der Waals surface area contributed by atoms with Gasteiger partial charge >= 0.3 is 6.18 Å². The number of carbonyl (C=O) groups is 1. The Morgan fingerprint density at radius 1 is 1.15 bits per heavy atom. The maximum absolute atomic E-state index is 13.0. The van der Waals surface area contributed by atoms with Crippen LogP contribution in [0.2, 0.25) is 0 Å². The van der Waals surface area contributed by atoms with Crippen LogP contribution < -0.4 is 11.1 Å². The van der Waals surface area contributed by atoms with Crippen LogP contribution in [-0.2, 0) is 19.1 Å². The first-order valence-electron chi connectivity index (χ1n) is 12.7. The molecule has 1 amide bonds. The van der Waals surface area contributed by atoms with Crippen molar-refractivity contribution < 1.29 is 18.0 Å². The van der Waals surface area contributed by atoms with Gasteiger partial charge in [-0.05, 0) is 50.5 Å². The first-order valence-corrected chi connectivity index (χ1v) is 12.7. The van der Waals surface area contributed by atoms with Crippen molar-refractivity contribution in [2.45, 2.75) is 44.9 Å². The number of nitrogens with zero attached hydrogens (tertiary/aromatic N) is 7. The standard InChI is InChI=1S/C27H24F3N9O/c1-2-38-19-4-3-5-20(18(19)13-35-38)39-25-22(24(31)33-14-34-25)23(37-39)15-6-8-16(9-7-15)26(40)36-21-12-17(10-11-32-21)27(28,29)30/h6-14,20H,2-5H2,1H3,(H2,31,33,34)(H,32,36,40). The Kier molecular flexibility index (Phi) is 6.20.